The fourth-order valence-corrected chi connectivity index (χ4v) is 1.64. The van der Waals surface area contributed by atoms with E-state index in [-0.39, 0.29) is 18.8 Å². The Labute approximate surface area is 119 Å². The number of benzene rings is 1. The van der Waals surface area contributed by atoms with Gasteiger partial charge in [0.2, 0.25) is 0 Å². The number of ether oxygens (including phenoxy) is 2. The van der Waals surface area contributed by atoms with Crippen molar-refractivity contribution in [3.05, 3.63) is 29.6 Å². The van der Waals surface area contributed by atoms with Crippen LogP contribution < -0.4 is 4.74 Å². The van der Waals surface area contributed by atoms with E-state index >= 15 is 0 Å². The second-order valence-electron chi connectivity index (χ2n) is 4.75. The summed E-state index contributed by atoms with van der Waals surface area (Å²) in [5.41, 5.74) is 0.223. The van der Waals surface area contributed by atoms with Crippen LogP contribution in [-0.4, -0.2) is 36.1 Å². The molecule has 20 heavy (non-hydrogen) atoms. The van der Waals surface area contributed by atoms with Crippen molar-refractivity contribution in [2.75, 3.05) is 19.8 Å². The van der Waals surface area contributed by atoms with Gasteiger partial charge in [-0.05, 0) is 25.5 Å². The third kappa shape index (κ3) is 5.86. The van der Waals surface area contributed by atoms with Gasteiger partial charge in [0.05, 0.1) is 12.7 Å². The molecule has 0 heterocycles. The van der Waals surface area contributed by atoms with E-state index in [2.05, 4.69) is 6.92 Å². The van der Waals surface area contributed by atoms with Crippen LogP contribution >= 0.6 is 0 Å². The van der Waals surface area contributed by atoms with Crippen LogP contribution in [0.15, 0.2) is 18.2 Å². The van der Waals surface area contributed by atoms with Gasteiger partial charge in [-0.25, -0.2) is 4.39 Å². The van der Waals surface area contributed by atoms with Crippen LogP contribution in [0.1, 0.15) is 38.4 Å². The van der Waals surface area contributed by atoms with Crippen LogP contribution in [0, 0.1) is 5.82 Å². The van der Waals surface area contributed by atoms with Crippen molar-refractivity contribution >= 4 is 0 Å². The van der Waals surface area contributed by atoms with Gasteiger partial charge in [0, 0.05) is 18.2 Å². The summed E-state index contributed by atoms with van der Waals surface area (Å²) in [7, 11) is 0. The summed E-state index contributed by atoms with van der Waals surface area (Å²) in [6.45, 7) is 4.42. The lowest BCUT2D eigenvalue weighted by Crippen LogP contribution is -2.23. The molecule has 5 heteroatoms. The number of halogens is 1. The fourth-order valence-electron chi connectivity index (χ4n) is 1.64. The van der Waals surface area contributed by atoms with Gasteiger partial charge in [-0.1, -0.05) is 13.3 Å². The summed E-state index contributed by atoms with van der Waals surface area (Å²) >= 11 is 0. The molecule has 0 saturated heterocycles. The van der Waals surface area contributed by atoms with Crippen molar-refractivity contribution in [3.63, 3.8) is 0 Å². The molecule has 0 aliphatic carbocycles. The zero-order valence-corrected chi connectivity index (χ0v) is 12.0. The van der Waals surface area contributed by atoms with E-state index in [1.165, 1.54) is 19.1 Å². The van der Waals surface area contributed by atoms with Gasteiger partial charge in [-0.15, -0.1) is 0 Å². The second-order valence-corrected chi connectivity index (χ2v) is 4.75. The van der Waals surface area contributed by atoms with Crippen LogP contribution in [0.2, 0.25) is 0 Å². The highest BCUT2D eigenvalue weighted by Crippen LogP contribution is 2.21. The molecule has 0 saturated carbocycles. The largest absolute Gasteiger partial charge is 0.491 e. The lowest BCUT2D eigenvalue weighted by Gasteiger charge is -2.14. The van der Waals surface area contributed by atoms with Gasteiger partial charge >= 0.3 is 0 Å². The van der Waals surface area contributed by atoms with Crippen LogP contribution in [0.5, 0.6) is 5.75 Å². The minimum absolute atomic E-state index is 0.0413. The number of hydrogen-bond acceptors (Lipinski definition) is 4. The van der Waals surface area contributed by atoms with E-state index < -0.39 is 18.0 Å². The van der Waals surface area contributed by atoms with E-state index in [4.69, 9.17) is 9.47 Å². The Hall–Kier alpha value is -1.17. The number of aliphatic hydroxyl groups excluding tert-OH is 2. The van der Waals surface area contributed by atoms with Gasteiger partial charge in [-0.2, -0.15) is 0 Å². The monoisotopic (exact) mass is 286 g/mol. The van der Waals surface area contributed by atoms with Crippen molar-refractivity contribution in [2.24, 2.45) is 0 Å². The quantitative estimate of drug-likeness (QED) is 0.685. The molecule has 0 aliphatic heterocycles. The first-order chi connectivity index (χ1) is 9.54. The average Bonchev–Trinajstić information content (AvgIpc) is 2.41. The molecule has 1 aromatic rings. The molecule has 0 amide bonds. The van der Waals surface area contributed by atoms with Crippen LogP contribution in [-0.2, 0) is 4.74 Å². The molecule has 0 radical (unpaired) electrons. The molecule has 1 unspecified atom stereocenters. The van der Waals surface area contributed by atoms with E-state index in [1.807, 2.05) is 0 Å². The van der Waals surface area contributed by atoms with Gasteiger partial charge in [-0.3, -0.25) is 0 Å². The Morgan fingerprint density at radius 3 is 2.60 bits per heavy atom. The number of hydrogen-bond donors (Lipinski definition) is 2. The Balaban J connectivity index is 2.36. The molecule has 0 aliphatic rings. The molecule has 0 spiro atoms. The van der Waals surface area contributed by atoms with Crippen LogP contribution in [0.3, 0.4) is 0 Å². The van der Waals surface area contributed by atoms with Crippen molar-refractivity contribution in [1.29, 1.82) is 0 Å². The molecule has 0 fully saturated rings. The Morgan fingerprint density at radius 1 is 1.25 bits per heavy atom. The number of rotatable bonds is 9. The lowest BCUT2D eigenvalue weighted by atomic mass is 10.1. The summed E-state index contributed by atoms with van der Waals surface area (Å²) in [6.07, 6.45) is 0.397. The molecule has 4 nitrogen and oxygen atoms in total. The molecule has 1 rings (SSSR count). The molecular formula is C15H23FO4. The Kier molecular flexibility index (Phi) is 7.51. The highest BCUT2D eigenvalue weighted by atomic mass is 19.1. The van der Waals surface area contributed by atoms with Crippen molar-refractivity contribution in [1.82, 2.24) is 0 Å². The van der Waals surface area contributed by atoms with Gasteiger partial charge < -0.3 is 19.7 Å². The molecular weight excluding hydrogens is 263 g/mol. The summed E-state index contributed by atoms with van der Waals surface area (Å²) in [4.78, 5) is 0. The van der Waals surface area contributed by atoms with Crippen molar-refractivity contribution in [2.45, 2.75) is 38.9 Å². The topological polar surface area (TPSA) is 58.9 Å². The molecule has 0 bridgehead atoms. The standard InChI is InChI=1S/C15H23FO4/c1-3-4-7-19-9-12(18)10-20-13-5-6-14(11(2)17)15(16)8-13/h5-6,8,11-12,17-18H,3-4,7,9-10H2,1-2H3/t11-,12?/m1/s1. The third-order valence-electron chi connectivity index (χ3n) is 2.82. The maximum atomic E-state index is 13.6. The number of unbranched alkanes of at least 4 members (excludes halogenated alkanes) is 1. The summed E-state index contributed by atoms with van der Waals surface area (Å²) in [6, 6.07) is 4.24. The van der Waals surface area contributed by atoms with Crippen molar-refractivity contribution < 1.29 is 24.1 Å². The fraction of sp³-hybridized carbons (Fsp3) is 0.600. The molecule has 0 aromatic heterocycles. The first kappa shape index (κ1) is 16.9. The van der Waals surface area contributed by atoms with Crippen LogP contribution in [0.25, 0.3) is 0 Å². The SMILES string of the molecule is CCCCOCC(O)COc1ccc([C@@H](C)O)c(F)c1. The summed E-state index contributed by atoms with van der Waals surface area (Å²) < 4.78 is 24.1. The zero-order valence-electron chi connectivity index (χ0n) is 12.0. The van der Waals surface area contributed by atoms with Gasteiger partial charge in [0.1, 0.15) is 24.3 Å². The van der Waals surface area contributed by atoms with E-state index in [1.54, 1.807) is 6.07 Å². The minimum Gasteiger partial charge on any atom is -0.491 e. The highest BCUT2D eigenvalue weighted by molar-refractivity contribution is 5.30. The van der Waals surface area contributed by atoms with E-state index in [9.17, 15) is 14.6 Å². The first-order valence-corrected chi connectivity index (χ1v) is 6.90. The third-order valence-corrected chi connectivity index (χ3v) is 2.82. The summed E-state index contributed by atoms with van der Waals surface area (Å²) in [5, 5.41) is 19.0. The van der Waals surface area contributed by atoms with Crippen molar-refractivity contribution in [3.8, 4) is 5.75 Å². The molecule has 2 N–H and O–H groups in total. The zero-order chi connectivity index (χ0) is 15.0. The van der Waals surface area contributed by atoms with Gasteiger partial charge in [0.25, 0.3) is 0 Å². The van der Waals surface area contributed by atoms with E-state index in [0.717, 1.165) is 12.8 Å². The van der Waals surface area contributed by atoms with Gasteiger partial charge in [0.15, 0.2) is 0 Å². The molecule has 1 aromatic carbocycles. The maximum absolute atomic E-state index is 13.6. The molecule has 114 valence electrons. The first-order valence-electron chi connectivity index (χ1n) is 6.90. The highest BCUT2D eigenvalue weighted by Gasteiger charge is 2.10. The minimum atomic E-state index is -0.860. The predicted molar refractivity (Wildman–Crippen MR) is 74.3 cm³/mol. The Morgan fingerprint density at radius 2 is 2.00 bits per heavy atom. The number of aliphatic hydroxyl groups is 2. The summed E-state index contributed by atoms with van der Waals surface area (Å²) in [5.74, 6) is -0.203. The Bertz CT molecular complexity index is 395. The second kappa shape index (κ2) is 8.89. The smallest absolute Gasteiger partial charge is 0.132 e. The van der Waals surface area contributed by atoms with E-state index in [0.29, 0.717) is 12.4 Å². The molecule has 2 atom stereocenters. The average molecular weight is 286 g/mol. The lowest BCUT2D eigenvalue weighted by molar-refractivity contribution is 0.0112. The van der Waals surface area contributed by atoms with Crippen LogP contribution in [0.4, 0.5) is 4.39 Å². The maximum Gasteiger partial charge on any atom is 0.132 e. The normalized spacial score (nSPS) is 14.1. The predicted octanol–water partition coefficient (Wildman–Crippen LogP) is 2.44.